The number of aromatic nitrogens is 2. The fourth-order valence-electron chi connectivity index (χ4n) is 1.85. The molecule has 0 atom stereocenters. The van der Waals surface area contributed by atoms with Gasteiger partial charge < -0.3 is 10.6 Å². The molecule has 1 aromatic heterocycles. The van der Waals surface area contributed by atoms with E-state index in [-0.39, 0.29) is 17.3 Å². The van der Waals surface area contributed by atoms with Crippen LogP contribution in [0.4, 0.5) is 23.0 Å². The number of anilines is 3. The van der Waals surface area contributed by atoms with E-state index in [9.17, 15) is 10.1 Å². The van der Waals surface area contributed by atoms with E-state index < -0.39 is 4.92 Å². The average molecular weight is 366 g/mol. The van der Waals surface area contributed by atoms with Crippen LogP contribution in [0.15, 0.2) is 35.1 Å². The molecule has 2 aromatic rings. The van der Waals surface area contributed by atoms with Crippen molar-refractivity contribution < 1.29 is 4.92 Å². The number of nitrogens with one attached hydrogen (secondary N) is 2. The Balaban J connectivity index is 2.32. The molecule has 0 aliphatic carbocycles. The highest BCUT2D eigenvalue weighted by atomic mass is 79.9. The Morgan fingerprint density at radius 2 is 2.00 bits per heavy atom. The molecule has 1 aromatic carbocycles. The third-order valence-corrected chi connectivity index (χ3v) is 3.65. The lowest BCUT2D eigenvalue weighted by atomic mass is 10.3. The molecule has 0 saturated carbocycles. The van der Waals surface area contributed by atoms with Gasteiger partial charge in [-0.25, -0.2) is 9.97 Å². The Morgan fingerprint density at radius 1 is 1.27 bits per heavy atom. The minimum absolute atomic E-state index is 0.158. The minimum Gasteiger partial charge on any atom is -0.364 e. The fraction of sp³-hybridized carbons (Fsp3) is 0.286. The Hall–Kier alpha value is -2.22. The Labute approximate surface area is 136 Å². The third-order valence-electron chi connectivity index (χ3n) is 2.95. The maximum absolute atomic E-state index is 11.4. The van der Waals surface area contributed by atoms with E-state index in [4.69, 9.17) is 0 Å². The maximum Gasteiger partial charge on any atom is 0.353 e. The first kappa shape index (κ1) is 16.2. The molecule has 0 spiro atoms. The van der Waals surface area contributed by atoms with E-state index >= 15 is 0 Å². The molecule has 0 aliphatic rings. The summed E-state index contributed by atoms with van der Waals surface area (Å²) in [6.07, 6.45) is 3.21. The Bertz CT molecular complexity index is 665. The molecular weight excluding hydrogens is 350 g/mol. The van der Waals surface area contributed by atoms with Crippen LogP contribution in [0.5, 0.6) is 0 Å². The van der Waals surface area contributed by atoms with Crippen molar-refractivity contribution in [3.8, 4) is 0 Å². The lowest BCUT2D eigenvalue weighted by Crippen LogP contribution is -2.09. The Morgan fingerprint density at radius 3 is 2.68 bits per heavy atom. The van der Waals surface area contributed by atoms with E-state index in [1.54, 1.807) is 6.07 Å². The van der Waals surface area contributed by atoms with Gasteiger partial charge in [0.15, 0.2) is 0 Å². The van der Waals surface area contributed by atoms with Gasteiger partial charge in [0.05, 0.1) is 10.6 Å². The molecule has 2 N–H and O–H groups in total. The molecule has 0 fully saturated rings. The van der Waals surface area contributed by atoms with Gasteiger partial charge in [0.25, 0.3) is 0 Å². The van der Waals surface area contributed by atoms with Crippen LogP contribution in [0.3, 0.4) is 0 Å². The van der Waals surface area contributed by atoms with Crippen LogP contribution in [0.25, 0.3) is 0 Å². The molecule has 0 radical (unpaired) electrons. The van der Waals surface area contributed by atoms with Crippen LogP contribution >= 0.6 is 15.9 Å². The molecule has 2 rings (SSSR count). The molecule has 0 unspecified atom stereocenters. The second kappa shape index (κ2) is 7.69. The van der Waals surface area contributed by atoms with Crippen molar-refractivity contribution in [1.29, 1.82) is 0 Å². The van der Waals surface area contributed by atoms with Crippen LogP contribution < -0.4 is 10.6 Å². The first-order valence-electron chi connectivity index (χ1n) is 6.88. The number of rotatable bonds is 7. The molecule has 0 amide bonds. The number of benzene rings is 1. The summed E-state index contributed by atoms with van der Waals surface area (Å²) in [5.41, 5.74) is 0.540. The maximum atomic E-state index is 11.4. The highest BCUT2D eigenvalue weighted by molar-refractivity contribution is 9.10. The third kappa shape index (κ3) is 3.91. The van der Waals surface area contributed by atoms with Crippen molar-refractivity contribution in [1.82, 2.24) is 9.97 Å². The van der Waals surface area contributed by atoms with Crippen molar-refractivity contribution in [3.63, 3.8) is 0 Å². The SMILES string of the molecule is CCCCNc1ncnc(Nc2ccccc2Br)c1[N+](=O)[O-]. The summed E-state index contributed by atoms with van der Waals surface area (Å²) in [6, 6.07) is 7.35. The van der Waals surface area contributed by atoms with Crippen LogP contribution in [0.2, 0.25) is 0 Å². The second-order valence-electron chi connectivity index (χ2n) is 4.56. The van der Waals surface area contributed by atoms with Crippen LogP contribution in [0.1, 0.15) is 19.8 Å². The lowest BCUT2D eigenvalue weighted by molar-refractivity contribution is -0.383. The molecule has 0 bridgehead atoms. The molecular formula is C14H16BrN5O2. The van der Waals surface area contributed by atoms with Gasteiger partial charge in [-0.1, -0.05) is 25.5 Å². The van der Waals surface area contributed by atoms with Crippen LogP contribution in [-0.2, 0) is 0 Å². The summed E-state index contributed by atoms with van der Waals surface area (Å²) in [4.78, 5) is 18.9. The molecule has 116 valence electrons. The zero-order chi connectivity index (χ0) is 15.9. The van der Waals surface area contributed by atoms with Gasteiger partial charge in [-0.2, -0.15) is 0 Å². The van der Waals surface area contributed by atoms with E-state index in [1.165, 1.54) is 6.33 Å². The predicted octanol–water partition coefficient (Wildman–Crippen LogP) is 4.10. The van der Waals surface area contributed by atoms with Gasteiger partial charge in [-0.3, -0.25) is 10.1 Å². The van der Waals surface area contributed by atoms with Gasteiger partial charge in [0, 0.05) is 11.0 Å². The van der Waals surface area contributed by atoms with Gasteiger partial charge >= 0.3 is 5.69 Å². The topological polar surface area (TPSA) is 93.0 Å². The molecule has 8 heteroatoms. The van der Waals surface area contributed by atoms with Crippen molar-refractivity contribution in [2.45, 2.75) is 19.8 Å². The minimum atomic E-state index is -0.479. The first-order chi connectivity index (χ1) is 10.6. The van der Waals surface area contributed by atoms with Crippen LogP contribution in [0, 0.1) is 10.1 Å². The average Bonchev–Trinajstić information content (AvgIpc) is 2.50. The van der Waals surface area contributed by atoms with Gasteiger partial charge in [0.1, 0.15) is 6.33 Å². The largest absolute Gasteiger partial charge is 0.364 e. The van der Waals surface area contributed by atoms with Crippen LogP contribution in [-0.4, -0.2) is 21.4 Å². The summed E-state index contributed by atoms with van der Waals surface area (Å²) in [7, 11) is 0. The number of unbranched alkanes of at least 4 members (excludes halogenated alkanes) is 1. The number of nitro groups is 1. The van der Waals surface area contributed by atoms with Gasteiger partial charge in [-0.05, 0) is 34.5 Å². The summed E-state index contributed by atoms with van der Waals surface area (Å²) >= 11 is 3.39. The van der Waals surface area contributed by atoms with Crippen molar-refractivity contribution >= 4 is 38.9 Å². The molecule has 0 aliphatic heterocycles. The number of halogens is 1. The smallest absolute Gasteiger partial charge is 0.353 e. The molecule has 1 heterocycles. The normalized spacial score (nSPS) is 10.3. The summed E-state index contributed by atoms with van der Waals surface area (Å²) in [6.45, 7) is 2.68. The summed E-state index contributed by atoms with van der Waals surface area (Å²) in [5, 5.41) is 17.3. The fourth-order valence-corrected chi connectivity index (χ4v) is 2.23. The van der Waals surface area contributed by atoms with Gasteiger partial charge in [-0.15, -0.1) is 0 Å². The zero-order valence-corrected chi connectivity index (χ0v) is 13.6. The Kier molecular flexibility index (Phi) is 5.65. The lowest BCUT2D eigenvalue weighted by Gasteiger charge is -2.10. The standard InChI is InChI=1S/C14H16BrN5O2/c1-2-3-8-16-13-12(20(21)22)14(18-9-17-13)19-11-7-5-4-6-10(11)15/h4-7,9H,2-3,8H2,1H3,(H2,16,17,18,19). The quantitative estimate of drug-likeness (QED) is 0.435. The van der Waals surface area contributed by atoms with Crippen molar-refractivity contribution in [3.05, 3.63) is 45.2 Å². The number of hydrogen-bond donors (Lipinski definition) is 2. The second-order valence-corrected chi connectivity index (χ2v) is 5.42. The number of hydrogen-bond acceptors (Lipinski definition) is 6. The van der Waals surface area contributed by atoms with Crippen molar-refractivity contribution in [2.75, 3.05) is 17.2 Å². The monoisotopic (exact) mass is 365 g/mol. The number of para-hydroxylation sites is 1. The summed E-state index contributed by atoms with van der Waals surface area (Å²) < 4.78 is 0.795. The van der Waals surface area contributed by atoms with E-state index in [2.05, 4.69) is 43.5 Å². The molecule has 0 saturated heterocycles. The van der Waals surface area contributed by atoms with Gasteiger partial charge in [0.2, 0.25) is 11.6 Å². The predicted molar refractivity (Wildman–Crippen MR) is 89.5 cm³/mol. The molecule has 22 heavy (non-hydrogen) atoms. The van der Waals surface area contributed by atoms with E-state index in [0.29, 0.717) is 12.2 Å². The highest BCUT2D eigenvalue weighted by Gasteiger charge is 2.23. The van der Waals surface area contributed by atoms with E-state index in [1.807, 2.05) is 18.2 Å². The zero-order valence-electron chi connectivity index (χ0n) is 12.0. The first-order valence-corrected chi connectivity index (χ1v) is 7.67. The number of nitrogens with zero attached hydrogens (tertiary/aromatic N) is 3. The molecule has 7 nitrogen and oxygen atoms in total. The van der Waals surface area contributed by atoms with Crippen molar-refractivity contribution in [2.24, 2.45) is 0 Å². The summed E-state index contributed by atoms with van der Waals surface area (Å²) in [5.74, 6) is 0.383. The van der Waals surface area contributed by atoms with E-state index in [0.717, 1.165) is 17.3 Å². The highest BCUT2D eigenvalue weighted by Crippen LogP contribution is 2.33.